The molecule has 5 heteroatoms. The first kappa shape index (κ1) is 18.1. The smallest absolute Gasteiger partial charge is 0.228 e. The van der Waals surface area contributed by atoms with Gasteiger partial charge in [0, 0.05) is 31.7 Å². The Kier molecular flexibility index (Phi) is 4.43. The fraction of sp³-hybridized carbons (Fsp3) is 0.652. The Morgan fingerprint density at radius 1 is 1.04 bits per heavy atom. The van der Waals surface area contributed by atoms with Crippen LogP contribution in [0.3, 0.4) is 0 Å². The van der Waals surface area contributed by atoms with E-state index in [0.717, 1.165) is 37.0 Å². The Morgan fingerprint density at radius 2 is 1.61 bits per heavy atom. The van der Waals surface area contributed by atoms with E-state index in [1.807, 2.05) is 9.80 Å². The number of benzene rings is 1. The standard InChI is InChI=1S/C23H28FN3O/c24-20-4-2-1-3-19(20)21(15-25)26-5-7-27(8-6-26)22(28)23-12-16-9-17(13-23)11-18(10-16)14-23/h1-4,16-18,21H,5-14H2. The fourth-order valence-corrected chi connectivity index (χ4v) is 6.94. The van der Waals surface area contributed by atoms with Crippen molar-refractivity contribution in [1.29, 1.82) is 5.26 Å². The molecule has 4 aliphatic carbocycles. The van der Waals surface area contributed by atoms with E-state index in [9.17, 15) is 14.4 Å². The van der Waals surface area contributed by atoms with Gasteiger partial charge in [-0.25, -0.2) is 4.39 Å². The molecule has 1 aromatic rings. The van der Waals surface area contributed by atoms with E-state index in [1.165, 1.54) is 25.3 Å². The summed E-state index contributed by atoms with van der Waals surface area (Å²) in [6.45, 7) is 2.55. The first-order valence-electron chi connectivity index (χ1n) is 10.8. The summed E-state index contributed by atoms with van der Waals surface area (Å²) in [7, 11) is 0. The number of amides is 1. The molecule has 4 nitrogen and oxygen atoms in total. The molecule has 1 unspecified atom stereocenters. The lowest BCUT2D eigenvalue weighted by atomic mass is 9.49. The number of halogens is 1. The zero-order valence-corrected chi connectivity index (χ0v) is 16.3. The third kappa shape index (κ3) is 2.93. The topological polar surface area (TPSA) is 47.3 Å². The van der Waals surface area contributed by atoms with Gasteiger partial charge in [-0.1, -0.05) is 18.2 Å². The number of hydrogen-bond donors (Lipinski definition) is 0. The SMILES string of the molecule is N#CC(c1ccccc1F)N1CCN(C(=O)C23CC4CC(CC(C4)C2)C3)CC1. The molecular formula is C23H28FN3O. The van der Waals surface area contributed by atoms with Gasteiger partial charge in [-0.05, 0) is 62.3 Å². The van der Waals surface area contributed by atoms with E-state index in [4.69, 9.17) is 0 Å². The predicted octanol–water partition coefficient (Wildman–Crippen LogP) is 3.75. The third-order valence-corrected chi connectivity index (χ3v) is 7.78. The monoisotopic (exact) mass is 381 g/mol. The van der Waals surface area contributed by atoms with Gasteiger partial charge in [-0.3, -0.25) is 9.69 Å². The quantitative estimate of drug-likeness (QED) is 0.801. The maximum Gasteiger partial charge on any atom is 0.228 e. The summed E-state index contributed by atoms with van der Waals surface area (Å²) in [5, 5.41) is 9.65. The highest BCUT2D eigenvalue weighted by Gasteiger charge is 2.55. The lowest BCUT2D eigenvalue weighted by Gasteiger charge is -2.57. The number of nitriles is 1. The highest BCUT2D eigenvalue weighted by Crippen LogP contribution is 2.60. The molecule has 4 saturated carbocycles. The number of carbonyl (C=O) groups excluding carboxylic acids is 1. The maximum atomic E-state index is 14.2. The molecule has 1 heterocycles. The van der Waals surface area contributed by atoms with Gasteiger partial charge in [0.05, 0.1) is 11.5 Å². The van der Waals surface area contributed by atoms with Crippen LogP contribution in [0.2, 0.25) is 0 Å². The molecule has 1 atom stereocenters. The number of carbonyl (C=O) groups is 1. The average molecular weight is 381 g/mol. The molecule has 0 N–H and O–H groups in total. The molecule has 5 aliphatic rings. The molecule has 5 fully saturated rings. The second-order valence-electron chi connectivity index (χ2n) is 9.58. The van der Waals surface area contributed by atoms with Crippen LogP contribution in [-0.4, -0.2) is 41.9 Å². The molecular weight excluding hydrogens is 353 g/mol. The summed E-state index contributed by atoms with van der Waals surface area (Å²) in [5.41, 5.74) is 0.336. The van der Waals surface area contributed by atoms with Crippen molar-refractivity contribution in [3.8, 4) is 6.07 Å². The largest absolute Gasteiger partial charge is 0.340 e. The first-order valence-corrected chi connectivity index (χ1v) is 10.8. The van der Waals surface area contributed by atoms with Gasteiger partial charge in [0.1, 0.15) is 11.9 Å². The molecule has 6 rings (SSSR count). The van der Waals surface area contributed by atoms with Crippen LogP contribution in [0.4, 0.5) is 4.39 Å². The van der Waals surface area contributed by atoms with Crippen molar-refractivity contribution in [2.75, 3.05) is 26.2 Å². The van der Waals surface area contributed by atoms with Crippen molar-refractivity contribution in [2.24, 2.45) is 23.2 Å². The molecule has 0 radical (unpaired) electrons. The predicted molar refractivity (Wildman–Crippen MR) is 104 cm³/mol. The Hall–Kier alpha value is -1.93. The van der Waals surface area contributed by atoms with E-state index in [0.29, 0.717) is 37.6 Å². The molecule has 1 aromatic carbocycles. The number of rotatable bonds is 3. The van der Waals surface area contributed by atoms with Gasteiger partial charge in [0.15, 0.2) is 0 Å². The normalized spacial score (nSPS) is 35.6. The van der Waals surface area contributed by atoms with Crippen molar-refractivity contribution in [1.82, 2.24) is 9.80 Å². The van der Waals surface area contributed by atoms with Crippen molar-refractivity contribution in [3.63, 3.8) is 0 Å². The second kappa shape index (κ2) is 6.84. The highest BCUT2D eigenvalue weighted by atomic mass is 19.1. The summed E-state index contributed by atoms with van der Waals surface area (Å²) < 4.78 is 14.2. The van der Waals surface area contributed by atoms with Crippen molar-refractivity contribution in [2.45, 2.75) is 44.6 Å². The van der Waals surface area contributed by atoms with E-state index in [2.05, 4.69) is 6.07 Å². The van der Waals surface area contributed by atoms with Crippen LogP contribution in [0.25, 0.3) is 0 Å². The van der Waals surface area contributed by atoms with Gasteiger partial charge in [0.2, 0.25) is 5.91 Å². The van der Waals surface area contributed by atoms with Gasteiger partial charge in [-0.2, -0.15) is 5.26 Å². The van der Waals surface area contributed by atoms with Crippen LogP contribution in [0.1, 0.15) is 50.1 Å². The summed E-state index contributed by atoms with van der Waals surface area (Å²) in [6, 6.07) is 8.20. The van der Waals surface area contributed by atoms with Gasteiger partial charge in [0.25, 0.3) is 0 Å². The Morgan fingerprint density at radius 3 is 2.14 bits per heavy atom. The number of nitrogens with zero attached hydrogens (tertiary/aromatic N) is 3. The van der Waals surface area contributed by atoms with Crippen LogP contribution in [0.5, 0.6) is 0 Å². The highest BCUT2D eigenvalue weighted by molar-refractivity contribution is 5.83. The lowest BCUT2D eigenvalue weighted by Crippen LogP contribution is -2.58. The summed E-state index contributed by atoms with van der Waals surface area (Å²) >= 11 is 0. The second-order valence-corrected chi connectivity index (χ2v) is 9.58. The minimum atomic E-state index is -0.585. The van der Waals surface area contributed by atoms with Gasteiger partial charge < -0.3 is 4.90 Å². The van der Waals surface area contributed by atoms with Crippen LogP contribution >= 0.6 is 0 Å². The Balaban J connectivity index is 1.27. The van der Waals surface area contributed by atoms with Crippen molar-refractivity contribution < 1.29 is 9.18 Å². The van der Waals surface area contributed by atoms with Crippen molar-refractivity contribution in [3.05, 3.63) is 35.6 Å². The van der Waals surface area contributed by atoms with E-state index in [1.54, 1.807) is 18.2 Å². The van der Waals surface area contributed by atoms with E-state index >= 15 is 0 Å². The van der Waals surface area contributed by atoms with Gasteiger partial charge in [-0.15, -0.1) is 0 Å². The van der Waals surface area contributed by atoms with Crippen LogP contribution in [-0.2, 0) is 4.79 Å². The molecule has 1 saturated heterocycles. The molecule has 1 aliphatic heterocycles. The Labute approximate surface area is 166 Å². The fourth-order valence-electron chi connectivity index (χ4n) is 6.94. The minimum absolute atomic E-state index is 0.100. The van der Waals surface area contributed by atoms with E-state index in [-0.39, 0.29) is 11.2 Å². The first-order chi connectivity index (χ1) is 13.6. The molecule has 1 amide bonds. The Bertz CT molecular complexity index is 773. The summed E-state index contributed by atoms with van der Waals surface area (Å²) in [5.74, 6) is 2.33. The summed E-state index contributed by atoms with van der Waals surface area (Å²) in [6.07, 6.45) is 7.29. The third-order valence-electron chi connectivity index (χ3n) is 7.78. The van der Waals surface area contributed by atoms with Gasteiger partial charge >= 0.3 is 0 Å². The minimum Gasteiger partial charge on any atom is -0.340 e. The van der Waals surface area contributed by atoms with E-state index < -0.39 is 6.04 Å². The molecule has 148 valence electrons. The van der Waals surface area contributed by atoms with Crippen LogP contribution < -0.4 is 0 Å². The van der Waals surface area contributed by atoms with Crippen molar-refractivity contribution >= 4 is 5.91 Å². The molecule has 28 heavy (non-hydrogen) atoms. The zero-order chi connectivity index (χ0) is 19.3. The zero-order valence-electron chi connectivity index (χ0n) is 16.3. The van der Waals surface area contributed by atoms with Crippen LogP contribution in [0, 0.1) is 40.3 Å². The molecule has 0 aromatic heterocycles. The van der Waals surface area contributed by atoms with Crippen LogP contribution in [0.15, 0.2) is 24.3 Å². The molecule has 4 bridgehead atoms. The average Bonchev–Trinajstić information content (AvgIpc) is 2.69. The summed E-state index contributed by atoms with van der Waals surface area (Å²) in [4.78, 5) is 17.6. The maximum absolute atomic E-state index is 14.2. The molecule has 0 spiro atoms. The number of piperazine rings is 1. The lowest BCUT2D eigenvalue weighted by molar-refractivity contribution is -0.159. The number of hydrogen-bond acceptors (Lipinski definition) is 3.